The monoisotopic (exact) mass is 314 g/mol. The average Bonchev–Trinajstić information content (AvgIpc) is 2.27. The molecule has 0 bridgehead atoms. The molecule has 0 saturated carbocycles. The van der Waals surface area contributed by atoms with Crippen LogP contribution in [0.1, 0.15) is 24.3 Å². The van der Waals surface area contributed by atoms with E-state index in [1.165, 1.54) is 0 Å². The van der Waals surface area contributed by atoms with E-state index in [4.69, 9.17) is 0 Å². The van der Waals surface area contributed by atoms with Gasteiger partial charge >= 0.3 is 0 Å². The maximum atomic E-state index is 12.3. The molecule has 0 aliphatic carbocycles. The van der Waals surface area contributed by atoms with Gasteiger partial charge in [-0.3, -0.25) is 4.79 Å². The minimum atomic E-state index is 0.0245. The number of halogens is 1. The van der Waals surface area contributed by atoms with Gasteiger partial charge in [-0.05, 0) is 28.1 Å². The number of rotatable bonds is 1. The minimum absolute atomic E-state index is 0.0245. The number of thioether (sulfide) groups is 1. The predicted molar refractivity (Wildman–Crippen MR) is 74.4 cm³/mol. The van der Waals surface area contributed by atoms with Crippen molar-refractivity contribution in [2.75, 3.05) is 13.1 Å². The quantitative estimate of drug-likeness (QED) is 0.799. The van der Waals surface area contributed by atoms with Crippen molar-refractivity contribution < 1.29 is 4.79 Å². The molecule has 1 aromatic rings. The number of carbonyl (C=O) groups is 1. The lowest BCUT2D eigenvalue weighted by atomic mass is 10.2. The van der Waals surface area contributed by atoms with Crippen molar-refractivity contribution in [1.82, 2.24) is 9.88 Å². The van der Waals surface area contributed by atoms with Crippen molar-refractivity contribution in [2.24, 2.45) is 0 Å². The summed E-state index contributed by atoms with van der Waals surface area (Å²) in [6, 6.07) is 3.67. The van der Waals surface area contributed by atoms with Crippen molar-refractivity contribution >= 4 is 33.6 Å². The van der Waals surface area contributed by atoms with Crippen molar-refractivity contribution in [3.63, 3.8) is 0 Å². The summed E-state index contributed by atoms with van der Waals surface area (Å²) in [5.41, 5.74) is 0.513. The van der Waals surface area contributed by atoms with E-state index in [1.807, 2.05) is 28.8 Å². The van der Waals surface area contributed by atoms with Crippen LogP contribution in [-0.2, 0) is 0 Å². The van der Waals surface area contributed by atoms with Gasteiger partial charge in [0, 0.05) is 34.3 Å². The summed E-state index contributed by atoms with van der Waals surface area (Å²) in [6.07, 6.45) is 1.66. The summed E-state index contributed by atoms with van der Waals surface area (Å²) in [4.78, 5) is 18.4. The summed E-state index contributed by atoms with van der Waals surface area (Å²) in [7, 11) is 0. The molecule has 2 rings (SSSR count). The first-order valence-electron chi connectivity index (χ1n) is 5.63. The van der Waals surface area contributed by atoms with Gasteiger partial charge in [-0.25, -0.2) is 4.98 Å². The predicted octanol–water partition coefficient (Wildman–Crippen LogP) is 2.81. The van der Waals surface area contributed by atoms with Gasteiger partial charge in [0.05, 0.1) is 0 Å². The third-order valence-corrected chi connectivity index (χ3v) is 4.54. The van der Waals surface area contributed by atoms with Crippen molar-refractivity contribution in [3.8, 4) is 0 Å². The molecule has 1 aromatic heterocycles. The Kier molecular flexibility index (Phi) is 4.09. The topological polar surface area (TPSA) is 33.2 Å². The zero-order chi connectivity index (χ0) is 12.4. The van der Waals surface area contributed by atoms with Gasteiger partial charge in [-0.15, -0.1) is 0 Å². The normalized spacial score (nSPS) is 24.8. The number of nitrogens with zero attached hydrogens (tertiary/aromatic N) is 2. The van der Waals surface area contributed by atoms with Crippen LogP contribution in [0, 0.1) is 0 Å². The van der Waals surface area contributed by atoms with Crippen LogP contribution in [0.4, 0.5) is 0 Å². The Hall–Kier alpha value is -0.550. The van der Waals surface area contributed by atoms with Crippen molar-refractivity contribution in [3.05, 3.63) is 28.5 Å². The fourth-order valence-corrected chi connectivity index (χ4v) is 3.79. The maximum Gasteiger partial charge on any atom is 0.273 e. The van der Waals surface area contributed by atoms with Crippen LogP contribution in [0.2, 0.25) is 0 Å². The van der Waals surface area contributed by atoms with E-state index in [-0.39, 0.29) is 5.91 Å². The number of hydrogen-bond acceptors (Lipinski definition) is 3. The average molecular weight is 315 g/mol. The molecule has 0 spiro atoms. The van der Waals surface area contributed by atoms with Crippen LogP contribution in [0.15, 0.2) is 22.8 Å². The zero-order valence-electron chi connectivity index (χ0n) is 9.89. The molecule has 1 fully saturated rings. The second-order valence-corrected chi connectivity index (χ2v) is 7.04. The number of amides is 1. The van der Waals surface area contributed by atoms with Crippen LogP contribution < -0.4 is 0 Å². The summed E-state index contributed by atoms with van der Waals surface area (Å²) < 4.78 is 0.767. The third-order valence-electron chi connectivity index (χ3n) is 2.67. The number of pyridine rings is 1. The molecule has 92 valence electrons. The molecule has 2 heterocycles. The van der Waals surface area contributed by atoms with Crippen LogP contribution in [0.3, 0.4) is 0 Å². The van der Waals surface area contributed by atoms with E-state index in [0.717, 1.165) is 17.6 Å². The van der Waals surface area contributed by atoms with Gasteiger partial charge in [-0.2, -0.15) is 11.8 Å². The van der Waals surface area contributed by atoms with E-state index < -0.39 is 0 Å². The highest BCUT2D eigenvalue weighted by Crippen LogP contribution is 2.26. The SMILES string of the molecule is CC1CN(C(=O)c2ncccc2Br)CC(C)S1. The summed E-state index contributed by atoms with van der Waals surface area (Å²) in [5, 5.41) is 0.982. The van der Waals surface area contributed by atoms with E-state index in [0.29, 0.717) is 16.2 Å². The molecule has 1 aliphatic heterocycles. The van der Waals surface area contributed by atoms with Gasteiger partial charge in [-0.1, -0.05) is 13.8 Å². The Balaban J connectivity index is 2.17. The fraction of sp³-hybridized carbons (Fsp3) is 0.500. The lowest BCUT2D eigenvalue weighted by Crippen LogP contribution is -2.44. The summed E-state index contributed by atoms with van der Waals surface area (Å²) in [5.74, 6) is 0.0245. The lowest BCUT2D eigenvalue weighted by molar-refractivity contribution is 0.0746. The minimum Gasteiger partial charge on any atom is -0.335 e. The molecule has 2 atom stereocenters. The highest BCUT2D eigenvalue weighted by Gasteiger charge is 2.27. The molecule has 17 heavy (non-hydrogen) atoms. The highest BCUT2D eigenvalue weighted by molar-refractivity contribution is 9.10. The molecule has 5 heteroatoms. The molecular weight excluding hydrogens is 300 g/mol. The molecule has 1 saturated heterocycles. The van der Waals surface area contributed by atoms with Crippen molar-refractivity contribution in [1.29, 1.82) is 0 Å². The zero-order valence-corrected chi connectivity index (χ0v) is 12.3. The van der Waals surface area contributed by atoms with E-state index in [1.54, 1.807) is 6.20 Å². The standard InChI is InChI=1S/C12H15BrN2OS/c1-8-6-15(7-9(2)17-8)12(16)11-10(13)4-3-5-14-11/h3-5,8-9H,6-7H2,1-2H3. The molecule has 3 nitrogen and oxygen atoms in total. The largest absolute Gasteiger partial charge is 0.335 e. The Morgan fingerprint density at radius 1 is 1.47 bits per heavy atom. The van der Waals surface area contributed by atoms with Crippen LogP contribution >= 0.6 is 27.7 Å². The molecule has 0 N–H and O–H groups in total. The van der Waals surface area contributed by atoms with Gasteiger partial charge < -0.3 is 4.90 Å². The van der Waals surface area contributed by atoms with E-state index in [2.05, 4.69) is 34.8 Å². The maximum absolute atomic E-state index is 12.3. The number of hydrogen-bond donors (Lipinski definition) is 0. The molecule has 1 amide bonds. The Morgan fingerprint density at radius 3 is 2.71 bits per heavy atom. The Morgan fingerprint density at radius 2 is 2.12 bits per heavy atom. The van der Waals surface area contributed by atoms with Gasteiger partial charge in [0.15, 0.2) is 0 Å². The first-order chi connectivity index (χ1) is 8.08. The Labute approximate surface area is 114 Å². The van der Waals surface area contributed by atoms with Gasteiger partial charge in [0.2, 0.25) is 0 Å². The number of aromatic nitrogens is 1. The first-order valence-corrected chi connectivity index (χ1v) is 7.36. The third kappa shape index (κ3) is 3.01. The smallest absolute Gasteiger partial charge is 0.273 e. The molecule has 1 aliphatic rings. The second-order valence-electron chi connectivity index (χ2n) is 4.30. The summed E-state index contributed by atoms with van der Waals surface area (Å²) >= 11 is 5.31. The van der Waals surface area contributed by atoms with Gasteiger partial charge in [0.25, 0.3) is 5.91 Å². The second kappa shape index (κ2) is 5.40. The van der Waals surface area contributed by atoms with Crippen LogP contribution in [0.5, 0.6) is 0 Å². The molecule has 0 radical (unpaired) electrons. The number of carbonyl (C=O) groups excluding carboxylic acids is 1. The molecule has 2 unspecified atom stereocenters. The fourth-order valence-electron chi connectivity index (χ4n) is 2.04. The van der Waals surface area contributed by atoms with E-state index in [9.17, 15) is 4.79 Å². The first kappa shape index (κ1) is 12.9. The molecule has 0 aromatic carbocycles. The highest BCUT2D eigenvalue weighted by atomic mass is 79.9. The van der Waals surface area contributed by atoms with E-state index >= 15 is 0 Å². The Bertz CT molecular complexity index is 417. The van der Waals surface area contributed by atoms with Crippen molar-refractivity contribution in [2.45, 2.75) is 24.3 Å². The van der Waals surface area contributed by atoms with Gasteiger partial charge in [0.1, 0.15) is 5.69 Å². The molecular formula is C12H15BrN2OS. The lowest BCUT2D eigenvalue weighted by Gasteiger charge is -2.34. The van der Waals surface area contributed by atoms with Crippen LogP contribution in [0.25, 0.3) is 0 Å². The van der Waals surface area contributed by atoms with Crippen LogP contribution in [-0.4, -0.2) is 39.4 Å². The summed E-state index contributed by atoms with van der Waals surface area (Å²) in [6.45, 7) is 5.93.